The Morgan fingerprint density at radius 3 is 2.95 bits per heavy atom. The van der Waals surface area contributed by atoms with Crippen LogP contribution in [0.15, 0.2) is 16.7 Å². The number of methoxy groups -OCH3 is 1. The van der Waals surface area contributed by atoms with E-state index in [9.17, 15) is 0 Å². The first-order valence-electron chi connectivity index (χ1n) is 7.23. The average Bonchev–Trinajstić information content (AvgIpc) is 3.16. The number of aromatic nitrogens is 3. The van der Waals surface area contributed by atoms with Crippen LogP contribution < -0.4 is 0 Å². The van der Waals surface area contributed by atoms with Crippen LogP contribution in [0.25, 0.3) is 11.2 Å². The number of aryl methyl sites for hydroxylation is 1. The van der Waals surface area contributed by atoms with Gasteiger partial charge in [-0.05, 0) is 46.7 Å². The van der Waals surface area contributed by atoms with E-state index in [0.717, 1.165) is 47.5 Å². The quantitative estimate of drug-likeness (QED) is 0.694. The number of fused-ring (bicyclic) bond motifs is 1. The molecule has 0 spiro atoms. The second kappa shape index (κ2) is 6.23. The van der Waals surface area contributed by atoms with E-state index >= 15 is 0 Å². The van der Waals surface area contributed by atoms with Crippen molar-refractivity contribution in [2.45, 2.75) is 32.2 Å². The van der Waals surface area contributed by atoms with Crippen LogP contribution in [-0.4, -0.2) is 34.1 Å². The molecule has 0 saturated heterocycles. The lowest BCUT2D eigenvalue weighted by atomic mass is 10.0. The fraction of sp³-hybridized carbons (Fsp3) is 0.600. The van der Waals surface area contributed by atoms with Gasteiger partial charge in [0.1, 0.15) is 11.3 Å². The molecule has 2 aromatic heterocycles. The minimum absolute atomic E-state index is 0.361. The molecule has 0 aromatic carbocycles. The largest absolute Gasteiger partial charge is 0.385 e. The van der Waals surface area contributed by atoms with Crippen LogP contribution in [0.5, 0.6) is 0 Å². The van der Waals surface area contributed by atoms with E-state index in [1.54, 1.807) is 7.11 Å². The van der Waals surface area contributed by atoms with Crippen molar-refractivity contribution in [3.8, 4) is 0 Å². The Bertz CT molecular complexity index is 639. The Morgan fingerprint density at radius 1 is 1.48 bits per heavy atom. The molecule has 0 unspecified atom stereocenters. The average molecular weight is 373 g/mol. The van der Waals surface area contributed by atoms with Crippen molar-refractivity contribution in [1.82, 2.24) is 14.5 Å². The van der Waals surface area contributed by atoms with Crippen molar-refractivity contribution < 1.29 is 4.74 Å². The van der Waals surface area contributed by atoms with Gasteiger partial charge < -0.3 is 9.30 Å². The number of hydrogen-bond acceptors (Lipinski definition) is 3. The van der Waals surface area contributed by atoms with Gasteiger partial charge in [-0.2, -0.15) is 0 Å². The zero-order chi connectivity index (χ0) is 14.9. The summed E-state index contributed by atoms with van der Waals surface area (Å²) in [6.07, 6.45) is 6.22. The van der Waals surface area contributed by atoms with Gasteiger partial charge in [0.05, 0.1) is 0 Å². The number of halogens is 2. The predicted molar refractivity (Wildman–Crippen MR) is 87.8 cm³/mol. The maximum absolute atomic E-state index is 5.93. The smallest absolute Gasteiger partial charge is 0.160 e. The van der Waals surface area contributed by atoms with E-state index in [1.807, 2.05) is 12.3 Å². The summed E-state index contributed by atoms with van der Waals surface area (Å²) >= 11 is 9.39. The van der Waals surface area contributed by atoms with Crippen LogP contribution in [0.1, 0.15) is 25.1 Å². The summed E-state index contributed by atoms with van der Waals surface area (Å²) in [6, 6.07) is 2.02. The van der Waals surface area contributed by atoms with Crippen LogP contribution in [0.3, 0.4) is 0 Å². The summed E-state index contributed by atoms with van der Waals surface area (Å²) in [5.41, 5.74) is 2.26. The van der Waals surface area contributed by atoms with E-state index in [1.165, 1.54) is 12.8 Å². The van der Waals surface area contributed by atoms with Crippen molar-refractivity contribution >= 4 is 38.7 Å². The second-order valence-corrected chi connectivity index (χ2v) is 7.09. The molecule has 1 aliphatic carbocycles. The summed E-state index contributed by atoms with van der Waals surface area (Å²) in [5.74, 6) is 1.62. The molecule has 0 amide bonds. The first kappa shape index (κ1) is 15.3. The molecular formula is C15H19BrClN3O. The predicted octanol–water partition coefficient (Wildman–Crippen LogP) is 3.79. The van der Waals surface area contributed by atoms with Gasteiger partial charge in [0, 0.05) is 43.2 Å². The second-order valence-electron chi connectivity index (χ2n) is 5.79. The van der Waals surface area contributed by atoms with E-state index in [-0.39, 0.29) is 0 Å². The van der Waals surface area contributed by atoms with Crippen molar-refractivity contribution in [2.24, 2.45) is 5.41 Å². The summed E-state index contributed by atoms with van der Waals surface area (Å²) in [5, 5.41) is 0. The van der Waals surface area contributed by atoms with Gasteiger partial charge in [-0.15, -0.1) is 11.6 Å². The normalized spacial score (nSPS) is 16.5. The molecule has 114 valence electrons. The molecule has 2 aromatic rings. The van der Waals surface area contributed by atoms with E-state index in [2.05, 4.69) is 25.5 Å². The third-order valence-electron chi connectivity index (χ3n) is 4.24. The first-order valence-corrected chi connectivity index (χ1v) is 8.56. The van der Waals surface area contributed by atoms with Gasteiger partial charge in [0.2, 0.25) is 0 Å². The highest BCUT2D eigenvalue weighted by Gasteiger charge is 2.43. The fourth-order valence-corrected chi connectivity index (χ4v) is 3.28. The number of hydrogen-bond donors (Lipinski definition) is 0. The third-order valence-corrected chi connectivity index (χ3v) is 4.86. The van der Waals surface area contributed by atoms with Crippen LogP contribution in [0.2, 0.25) is 0 Å². The number of ether oxygens (including phenoxy) is 1. The highest BCUT2D eigenvalue weighted by atomic mass is 79.9. The van der Waals surface area contributed by atoms with Crippen molar-refractivity contribution in [1.29, 1.82) is 0 Å². The van der Waals surface area contributed by atoms with Crippen molar-refractivity contribution in [2.75, 3.05) is 19.6 Å². The number of alkyl halides is 1. The zero-order valence-corrected chi connectivity index (χ0v) is 14.5. The Balaban J connectivity index is 1.94. The van der Waals surface area contributed by atoms with Crippen LogP contribution in [-0.2, 0) is 17.7 Å². The molecule has 21 heavy (non-hydrogen) atoms. The molecule has 1 fully saturated rings. The van der Waals surface area contributed by atoms with Gasteiger partial charge in [-0.1, -0.05) is 0 Å². The summed E-state index contributed by atoms with van der Waals surface area (Å²) in [6.45, 7) is 1.78. The lowest BCUT2D eigenvalue weighted by Gasteiger charge is -2.17. The van der Waals surface area contributed by atoms with Crippen LogP contribution in [0, 0.1) is 5.41 Å². The molecule has 6 heteroatoms. The van der Waals surface area contributed by atoms with Gasteiger partial charge in [0.25, 0.3) is 0 Å². The number of imidazole rings is 1. The lowest BCUT2D eigenvalue weighted by Crippen LogP contribution is -2.16. The van der Waals surface area contributed by atoms with Gasteiger partial charge in [0.15, 0.2) is 5.65 Å². The summed E-state index contributed by atoms with van der Waals surface area (Å²) in [7, 11) is 1.76. The molecule has 0 bridgehead atoms. The maximum Gasteiger partial charge on any atom is 0.160 e. The van der Waals surface area contributed by atoms with E-state index < -0.39 is 0 Å². The van der Waals surface area contributed by atoms with Gasteiger partial charge in [-0.3, -0.25) is 0 Å². The molecule has 1 saturated carbocycles. The molecule has 0 N–H and O–H groups in total. The summed E-state index contributed by atoms with van der Waals surface area (Å²) < 4.78 is 8.46. The van der Waals surface area contributed by atoms with E-state index in [4.69, 9.17) is 21.3 Å². The minimum Gasteiger partial charge on any atom is -0.385 e. The molecule has 3 rings (SSSR count). The third kappa shape index (κ3) is 3.25. The van der Waals surface area contributed by atoms with Crippen LogP contribution >= 0.6 is 27.5 Å². The van der Waals surface area contributed by atoms with Crippen molar-refractivity contribution in [3.63, 3.8) is 0 Å². The summed E-state index contributed by atoms with van der Waals surface area (Å²) in [4.78, 5) is 9.27. The number of rotatable bonds is 7. The number of pyridine rings is 1. The van der Waals surface area contributed by atoms with Gasteiger partial charge >= 0.3 is 0 Å². The Hall–Kier alpha value is -0.650. The topological polar surface area (TPSA) is 39.9 Å². The zero-order valence-electron chi connectivity index (χ0n) is 12.1. The Morgan fingerprint density at radius 2 is 2.29 bits per heavy atom. The minimum atomic E-state index is 0.361. The Labute approximate surface area is 138 Å². The fourth-order valence-electron chi connectivity index (χ4n) is 2.79. The Kier molecular flexibility index (Phi) is 4.52. The van der Waals surface area contributed by atoms with E-state index in [0.29, 0.717) is 11.3 Å². The standard InChI is InChI=1S/C15H19BrClN3O/c1-21-7-5-15(3-4-15)10-20-13(2-6-17)19-12-8-11(16)9-18-14(12)20/h8-9H,2-7,10H2,1H3. The monoisotopic (exact) mass is 371 g/mol. The molecule has 0 aliphatic heterocycles. The highest BCUT2D eigenvalue weighted by Crippen LogP contribution is 2.50. The maximum atomic E-state index is 5.93. The molecule has 0 radical (unpaired) electrons. The molecule has 1 aliphatic rings. The molecule has 0 atom stereocenters. The lowest BCUT2D eigenvalue weighted by molar-refractivity contribution is 0.167. The van der Waals surface area contributed by atoms with Crippen LogP contribution in [0.4, 0.5) is 0 Å². The van der Waals surface area contributed by atoms with Gasteiger partial charge in [-0.25, -0.2) is 9.97 Å². The molecule has 4 nitrogen and oxygen atoms in total. The highest BCUT2D eigenvalue weighted by molar-refractivity contribution is 9.10. The molecule has 2 heterocycles. The SMILES string of the molecule is COCCC1(Cn2c(CCCl)nc3cc(Br)cnc32)CC1. The van der Waals surface area contributed by atoms with Crippen molar-refractivity contribution in [3.05, 3.63) is 22.6 Å². The first-order chi connectivity index (χ1) is 10.2. The molecular weight excluding hydrogens is 354 g/mol. The number of nitrogens with zero attached hydrogens (tertiary/aromatic N) is 3.